The lowest BCUT2D eigenvalue weighted by atomic mass is 9.91. The number of rotatable bonds is 9. The molecule has 0 fully saturated rings. The third kappa shape index (κ3) is 5.93. The summed E-state index contributed by atoms with van der Waals surface area (Å²) in [5.74, 6) is 0. The molecule has 0 aliphatic rings. The Kier molecular flexibility index (Phi) is 7.84. The van der Waals surface area contributed by atoms with Gasteiger partial charge in [0.15, 0.2) is 0 Å². The zero-order valence-corrected chi connectivity index (χ0v) is 19.6. The molecular weight excluding hydrogens is 487 g/mol. The third-order valence-corrected chi connectivity index (χ3v) is 6.54. The molecule has 0 spiro atoms. The molecule has 0 bridgehead atoms. The van der Waals surface area contributed by atoms with E-state index in [0.717, 1.165) is 17.7 Å². The summed E-state index contributed by atoms with van der Waals surface area (Å²) < 4.78 is 30.9. The average Bonchev–Trinajstić information content (AvgIpc) is 2.64. The number of halogens is 2. The molecule has 0 saturated heterocycles. The fraction of sp³-hybridized carbons (Fsp3) is 0.368. The van der Waals surface area contributed by atoms with Gasteiger partial charge in [-0.05, 0) is 37.5 Å². The van der Waals surface area contributed by atoms with Crippen LogP contribution in [-0.4, -0.2) is 34.8 Å². The summed E-state index contributed by atoms with van der Waals surface area (Å²) in [6.07, 6.45) is -0.518. The van der Waals surface area contributed by atoms with E-state index >= 15 is 0 Å². The van der Waals surface area contributed by atoms with Crippen molar-refractivity contribution >= 4 is 44.7 Å². The Hall–Kier alpha value is -2.31. The summed E-state index contributed by atoms with van der Waals surface area (Å²) in [5.41, 5.74) is -2.30. The van der Waals surface area contributed by atoms with E-state index in [1.165, 1.54) is 0 Å². The van der Waals surface area contributed by atoms with E-state index in [1.807, 2.05) is 0 Å². The number of hydrogen-bond donors (Lipinski definition) is 1. The van der Waals surface area contributed by atoms with E-state index in [9.17, 15) is 33.8 Å². The summed E-state index contributed by atoms with van der Waals surface area (Å²) in [4.78, 5) is 19.3. The van der Waals surface area contributed by atoms with Crippen molar-refractivity contribution in [3.05, 3.63) is 72.8 Å². The van der Waals surface area contributed by atoms with Crippen LogP contribution in [0.25, 0.3) is 0 Å². The van der Waals surface area contributed by atoms with Gasteiger partial charge in [-0.15, -0.1) is 23.2 Å². The topological polar surface area (TPSA) is 150 Å². The third-order valence-electron chi connectivity index (χ3n) is 4.66. The standard InChI is InChI=1S/C19H20Cl2N2O8S/c1-11-4-12(2)18(13(3)5-11)32(29,30)31-10-19(24,9-17(20)21)14-6-15(22(25)26)8-16(7-14)23(27)28/h4-8,17,24H,9-10H2,1-3H3. The van der Waals surface area contributed by atoms with Crippen molar-refractivity contribution in [3.63, 3.8) is 0 Å². The lowest BCUT2D eigenvalue weighted by Gasteiger charge is -2.28. The second kappa shape index (κ2) is 9.67. The summed E-state index contributed by atoms with van der Waals surface area (Å²) in [6.45, 7) is 4.03. The molecule has 2 aromatic rings. The van der Waals surface area contributed by atoms with Crippen molar-refractivity contribution in [3.8, 4) is 0 Å². The number of nitro groups is 2. The molecule has 1 atom stereocenters. The Labute approximate surface area is 194 Å². The Morgan fingerprint density at radius 2 is 1.47 bits per heavy atom. The van der Waals surface area contributed by atoms with Crippen LogP contribution in [0.4, 0.5) is 11.4 Å². The minimum atomic E-state index is -4.38. The van der Waals surface area contributed by atoms with Gasteiger partial charge in [0.2, 0.25) is 0 Å². The van der Waals surface area contributed by atoms with Crippen LogP contribution in [0.5, 0.6) is 0 Å². The van der Waals surface area contributed by atoms with E-state index in [0.29, 0.717) is 17.2 Å². The first-order valence-electron chi connectivity index (χ1n) is 9.08. The molecule has 174 valence electrons. The van der Waals surface area contributed by atoms with Crippen molar-refractivity contribution < 1.29 is 27.6 Å². The fourth-order valence-electron chi connectivity index (χ4n) is 3.39. The molecule has 0 radical (unpaired) electrons. The lowest BCUT2D eigenvalue weighted by molar-refractivity contribution is -0.394. The minimum Gasteiger partial charge on any atom is -0.383 e. The van der Waals surface area contributed by atoms with Crippen LogP contribution in [0.1, 0.15) is 28.7 Å². The number of aryl methyl sites for hydroxylation is 3. The molecule has 1 unspecified atom stereocenters. The van der Waals surface area contributed by atoms with Gasteiger partial charge in [-0.1, -0.05) is 17.7 Å². The van der Waals surface area contributed by atoms with Gasteiger partial charge in [-0.25, -0.2) is 0 Å². The van der Waals surface area contributed by atoms with E-state index in [1.54, 1.807) is 32.9 Å². The molecule has 0 saturated carbocycles. The number of hydrogen-bond acceptors (Lipinski definition) is 8. The second-order valence-electron chi connectivity index (χ2n) is 7.32. The van der Waals surface area contributed by atoms with E-state index in [-0.39, 0.29) is 10.5 Å². The SMILES string of the molecule is Cc1cc(C)c(S(=O)(=O)OCC(O)(CC(Cl)Cl)c2cc([N+](=O)[O-])cc([N+](=O)[O-])c2)c(C)c1. The van der Waals surface area contributed by atoms with Crippen molar-refractivity contribution in [1.82, 2.24) is 0 Å². The largest absolute Gasteiger partial charge is 0.383 e. The molecule has 2 rings (SSSR count). The molecule has 0 aliphatic heterocycles. The second-order valence-corrected chi connectivity index (χ2v) is 10.2. The maximum atomic E-state index is 12.9. The predicted octanol–water partition coefficient (Wildman–Crippen LogP) is 4.22. The summed E-state index contributed by atoms with van der Waals surface area (Å²) in [6, 6.07) is 5.75. The van der Waals surface area contributed by atoms with E-state index in [4.69, 9.17) is 27.4 Å². The lowest BCUT2D eigenvalue weighted by Crippen LogP contribution is -2.35. The molecule has 13 heteroatoms. The molecular formula is C19H20Cl2N2O8S. The molecule has 32 heavy (non-hydrogen) atoms. The maximum absolute atomic E-state index is 12.9. The monoisotopic (exact) mass is 506 g/mol. The highest BCUT2D eigenvalue weighted by Crippen LogP contribution is 2.36. The van der Waals surface area contributed by atoms with E-state index in [2.05, 4.69) is 0 Å². The van der Waals surface area contributed by atoms with Crippen LogP contribution < -0.4 is 0 Å². The van der Waals surface area contributed by atoms with Gasteiger partial charge in [-0.2, -0.15) is 8.42 Å². The van der Waals surface area contributed by atoms with Crippen LogP contribution in [-0.2, 0) is 19.9 Å². The Morgan fingerprint density at radius 1 is 1.00 bits per heavy atom. The van der Waals surface area contributed by atoms with Crippen molar-refractivity contribution in [2.24, 2.45) is 0 Å². The Balaban J connectivity index is 2.53. The zero-order valence-electron chi connectivity index (χ0n) is 17.2. The predicted molar refractivity (Wildman–Crippen MR) is 118 cm³/mol. The number of aliphatic hydroxyl groups is 1. The van der Waals surface area contributed by atoms with Gasteiger partial charge in [0.05, 0.1) is 27.4 Å². The van der Waals surface area contributed by atoms with Gasteiger partial charge < -0.3 is 5.11 Å². The van der Waals surface area contributed by atoms with Crippen LogP contribution in [0.15, 0.2) is 35.2 Å². The molecule has 10 nitrogen and oxygen atoms in total. The van der Waals surface area contributed by atoms with E-state index < -0.39 is 54.8 Å². The number of non-ortho nitro benzene ring substituents is 2. The number of benzene rings is 2. The smallest absolute Gasteiger partial charge is 0.297 e. The molecule has 0 amide bonds. The molecule has 0 heterocycles. The Bertz CT molecular complexity index is 1110. The number of nitrogens with zero attached hydrogens (tertiary/aromatic N) is 2. The number of alkyl halides is 2. The molecule has 0 aromatic heterocycles. The van der Waals surface area contributed by atoms with Gasteiger partial charge in [0.1, 0.15) is 10.4 Å². The quantitative estimate of drug-likeness (QED) is 0.229. The molecule has 0 aliphatic carbocycles. The first-order chi connectivity index (χ1) is 14.7. The molecule has 2 aromatic carbocycles. The van der Waals surface area contributed by atoms with Gasteiger partial charge in [0.25, 0.3) is 21.5 Å². The van der Waals surface area contributed by atoms with Crippen molar-refractivity contribution in [2.45, 2.75) is 42.5 Å². The van der Waals surface area contributed by atoms with Crippen molar-refractivity contribution in [1.29, 1.82) is 0 Å². The highest BCUT2D eigenvalue weighted by atomic mass is 35.5. The first-order valence-corrected chi connectivity index (χ1v) is 11.4. The molecule has 1 N–H and O–H groups in total. The van der Waals surface area contributed by atoms with Crippen LogP contribution in [0.2, 0.25) is 0 Å². The first kappa shape index (κ1) is 25.9. The Morgan fingerprint density at radius 3 is 1.88 bits per heavy atom. The normalized spacial score (nSPS) is 13.7. The summed E-state index contributed by atoms with van der Waals surface area (Å²) >= 11 is 11.6. The van der Waals surface area contributed by atoms with Gasteiger partial charge in [-0.3, -0.25) is 24.4 Å². The van der Waals surface area contributed by atoms with Crippen LogP contribution in [0.3, 0.4) is 0 Å². The fourth-order valence-corrected chi connectivity index (χ4v) is 5.27. The zero-order chi connectivity index (χ0) is 24.4. The highest BCUT2D eigenvalue weighted by molar-refractivity contribution is 7.86. The summed E-state index contributed by atoms with van der Waals surface area (Å²) in [7, 11) is -4.38. The number of nitro benzene ring substituents is 2. The average molecular weight is 507 g/mol. The summed E-state index contributed by atoms with van der Waals surface area (Å²) in [5, 5.41) is 33.6. The maximum Gasteiger partial charge on any atom is 0.297 e. The minimum absolute atomic E-state index is 0.0937. The van der Waals surface area contributed by atoms with Crippen LogP contribution in [0, 0.1) is 41.0 Å². The van der Waals surface area contributed by atoms with Gasteiger partial charge in [0, 0.05) is 18.6 Å². The highest BCUT2D eigenvalue weighted by Gasteiger charge is 2.37. The van der Waals surface area contributed by atoms with Crippen molar-refractivity contribution in [2.75, 3.05) is 6.61 Å². The van der Waals surface area contributed by atoms with Crippen LogP contribution >= 0.6 is 23.2 Å². The van der Waals surface area contributed by atoms with Gasteiger partial charge >= 0.3 is 0 Å².